The van der Waals surface area contributed by atoms with E-state index in [1.54, 1.807) is 0 Å². The highest BCUT2D eigenvalue weighted by Crippen LogP contribution is 2.32. The summed E-state index contributed by atoms with van der Waals surface area (Å²) in [5.74, 6) is 0. The lowest BCUT2D eigenvalue weighted by Crippen LogP contribution is -2.25. The predicted molar refractivity (Wildman–Crippen MR) is 57.0 cm³/mol. The summed E-state index contributed by atoms with van der Waals surface area (Å²) in [6, 6.07) is -0.582. The van der Waals surface area contributed by atoms with Crippen LogP contribution in [0.2, 0.25) is 0 Å². The average Bonchev–Trinajstić information content (AvgIpc) is 2.23. The Morgan fingerprint density at radius 2 is 2.14 bits per heavy atom. The van der Waals surface area contributed by atoms with E-state index in [1.165, 1.54) is 6.42 Å². The van der Waals surface area contributed by atoms with Crippen molar-refractivity contribution in [2.45, 2.75) is 46.0 Å². The average molecular weight is 197 g/mol. The lowest BCUT2D eigenvalue weighted by atomic mass is 9.85. The molecular weight excluding hydrogens is 178 g/mol. The molecule has 1 rings (SSSR count). The smallest absolute Gasteiger partial charge is 0.332 e. The van der Waals surface area contributed by atoms with E-state index < -0.39 is 6.03 Å². The third-order valence-electron chi connectivity index (χ3n) is 2.73. The molecule has 2 amide bonds. The lowest BCUT2D eigenvalue weighted by Gasteiger charge is -2.20. The number of nitrogens with one attached hydrogen (secondary N) is 1. The number of amides is 2. The SMILES string of the molecule is CC1(C)CCC/C(=N\NC(N)=O)CC1. The topological polar surface area (TPSA) is 67.5 Å². The fraction of sp³-hybridized carbons (Fsp3) is 0.800. The maximum absolute atomic E-state index is 10.5. The maximum Gasteiger partial charge on any atom is 0.332 e. The summed E-state index contributed by atoms with van der Waals surface area (Å²) in [5.41, 5.74) is 8.71. The Kier molecular flexibility index (Phi) is 3.49. The molecule has 0 aliphatic heterocycles. The summed E-state index contributed by atoms with van der Waals surface area (Å²) in [6.45, 7) is 4.55. The number of carbonyl (C=O) groups is 1. The first-order valence-corrected chi connectivity index (χ1v) is 5.10. The number of primary amides is 1. The van der Waals surface area contributed by atoms with Gasteiger partial charge >= 0.3 is 6.03 Å². The minimum atomic E-state index is -0.582. The molecule has 0 unspecified atom stereocenters. The van der Waals surface area contributed by atoms with Crippen LogP contribution in [0.25, 0.3) is 0 Å². The summed E-state index contributed by atoms with van der Waals surface area (Å²) in [4.78, 5) is 10.5. The molecule has 0 aromatic carbocycles. The molecule has 1 fully saturated rings. The Morgan fingerprint density at radius 1 is 1.43 bits per heavy atom. The van der Waals surface area contributed by atoms with Crippen LogP contribution < -0.4 is 11.2 Å². The molecule has 1 saturated carbocycles. The molecule has 0 aromatic heterocycles. The van der Waals surface area contributed by atoms with Crippen molar-refractivity contribution in [1.82, 2.24) is 5.43 Å². The summed E-state index contributed by atoms with van der Waals surface area (Å²) < 4.78 is 0. The molecule has 1 aliphatic carbocycles. The van der Waals surface area contributed by atoms with Crippen molar-refractivity contribution in [2.24, 2.45) is 16.3 Å². The molecule has 0 radical (unpaired) electrons. The van der Waals surface area contributed by atoms with Gasteiger partial charge < -0.3 is 5.73 Å². The zero-order chi connectivity index (χ0) is 10.6. The van der Waals surface area contributed by atoms with E-state index in [2.05, 4.69) is 24.4 Å². The van der Waals surface area contributed by atoms with E-state index in [4.69, 9.17) is 5.73 Å². The quantitative estimate of drug-likeness (QED) is 0.490. The molecular formula is C10H19N3O. The van der Waals surface area contributed by atoms with Crippen LogP contribution in [0.1, 0.15) is 46.0 Å². The zero-order valence-corrected chi connectivity index (χ0v) is 8.97. The normalized spacial score (nSPS) is 24.3. The van der Waals surface area contributed by atoms with Crippen molar-refractivity contribution in [2.75, 3.05) is 0 Å². The second-order valence-corrected chi connectivity index (χ2v) is 4.67. The van der Waals surface area contributed by atoms with Gasteiger partial charge in [0.2, 0.25) is 0 Å². The van der Waals surface area contributed by atoms with Gasteiger partial charge in [-0.1, -0.05) is 13.8 Å². The van der Waals surface area contributed by atoms with Gasteiger partial charge in [-0.05, 0) is 37.5 Å². The van der Waals surface area contributed by atoms with Crippen LogP contribution in [0.3, 0.4) is 0 Å². The lowest BCUT2D eigenvalue weighted by molar-refractivity contribution is 0.249. The van der Waals surface area contributed by atoms with Crippen molar-refractivity contribution >= 4 is 11.7 Å². The van der Waals surface area contributed by atoms with E-state index in [0.29, 0.717) is 5.41 Å². The number of hydrazone groups is 1. The first-order valence-electron chi connectivity index (χ1n) is 5.10. The van der Waals surface area contributed by atoms with E-state index in [0.717, 1.165) is 31.4 Å². The number of hydrogen-bond donors (Lipinski definition) is 2. The number of hydrogen-bond acceptors (Lipinski definition) is 2. The van der Waals surface area contributed by atoms with Crippen LogP contribution in [0, 0.1) is 5.41 Å². The first-order chi connectivity index (χ1) is 6.49. The number of rotatable bonds is 1. The van der Waals surface area contributed by atoms with Gasteiger partial charge in [0.1, 0.15) is 0 Å². The molecule has 0 bridgehead atoms. The van der Waals surface area contributed by atoms with Gasteiger partial charge in [0.25, 0.3) is 0 Å². The third-order valence-corrected chi connectivity index (χ3v) is 2.73. The molecule has 0 spiro atoms. The van der Waals surface area contributed by atoms with E-state index >= 15 is 0 Å². The molecule has 4 nitrogen and oxygen atoms in total. The fourth-order valence-corrected chi connectivity index (χ4v) is 1.75. The summed E-state index contributed by atoms with van der Waals surface area (Å²) in [6.07, 6.45) is 5.44. The summed E-state index contributed by atoms with van der Waals surface area (Å²) >= 11 is 0. The van der Waals surface area contributed by atoms with Gasteiger partial charge in [0.05, 0.1) is 0 Å². The van der Waals surface area contributed by atoms with Crippen LogP contribution >= 0.6 is 0 Å². The fourth-order valence-electron chi connectivity index (χ4n) is 1.75. The largest absolute Gasteiger partial charge is 0.350 e. The van der Waals surface area contributed by atoms with Crippen LogP contribution in [-0.4, -0.2) is 11.7 Å². The highest BCUT2D eigenvalue weighted by molar-refractivity contribution is 5.86. The highest BCUT2D eigenvalue weighted by Gasteiger charge is 2.21. The molecule has 0 aromatic rings. The third kappa shape index (κ3) is 3.77. The predicted octanol–water partition coefficient (Wildman–Crippen LogP) is 2.00. The van der Waals surface area contributed by atoms with Crippen molar-refractivity contribution in [3.8, 4) is 0 Å². The minimum Gasteiger partial charge on any atom is -0.350 e. The van der Waals surface area contributed by atoms with Gasteiger partial charge in [0.15, 0.2) is 0 Å². The number of nitrogens with zero attached hydrogens (tertiary/aromatic N) is 1. The summed E-state index contributed by atoms with van der Waals surface area (Å²) in [5, 5.41) is 4.00. The summed E-state index contributed by atoms with van der Waals surface area (Å²) in [7, 11) is 0. The minimum absolute atomic E-state index is 0.407. The highest BCUT2D eigenvalue weighted by atomic mass is 16.2. The molecule has 4 heteroatoms. The molecule has 3 N–H and O–H groups in total. The molecule has 80 valence electrons. The molecule has 1 aliphatic rings. The van der Waals surface area contributed by atoms with Crippen LogP contribution in [-0.2, 0) is 0 Å². The van der Waals surface area contributed by atoms with Crippen LogP contribution in [0.5, 0.6) is 0 Å². The maximum atomic E-state index is 10.5. The second-order valence-electron chi connectivity index (χ2n) is 4.67. The monoisotopic (exact) mass is 197 g/mol. The molecule has 14 heavy (non-hydrogen) atoms. The van der Waals surface area contributed by atoms with Crippen LogP contribution in [0.4, 0.5) is 4.79 Å². The van der Waals surface area contributed by atoms with Gasteiger partial charge in [-0.2, -0.15) is 5.10 Å². The second kappa shape index (κ2) is 4.44. The molecule has 0 atom stereocenters. The van der Waals surface area contributed by atoms with Crippen molar-refractivity contribution < 1.29 is 4.79 Å². The zero-order valence-electron chi connectivity index (χ0n) is 8.97. The van der Waals surface area contributed by atoms with Crippen molar-refractivity contribution in [3.63, 3.8) is 0 Å². The number of carbonyl (C=O) groups excluding carboxylic acids is 1. The van der Waals surface area contributed by atoms with E-state index in [1.807, 2.05) is 0 Å². The Balaban J connectivity index is 2.49. The van der Waals surface area contributed by atoms with Gasteiger partial charge in [-0.15, -0.1) is 0 Å². The van der Waals surface area contributed by atoms with Crippen molar-refractivity contribution in [3.05, 3.63) is 0 Å². The van der Waals surface area contributed by atoms with Gasteiger partial charge in [-0.25, -0.2) is 10.2 Å². The Hall–Kier alpha value is -1.06. The first kappa shape index (κ1) is 11.0. The Morgan fingerprint density at radius 3 is 2.79 bits per heavy atom. The standard InChI is InChI=1S/C10H19N3O/c1-10(2)6-3-4-8(5-7-10)12-13-9(11)14/h3-7H2,1-2H3,(H3,11,13,14)/b12-8+. The molecule has 0 saturated heterocycles. The van der Waals surface area contributed by atoms with Gasteiger partial charge in [0, 0.05) is 5.71 Å². The van der Waals surface area contributed by atoms with Gasteiger partial charge in [-0.3, -0.25) is 0 Å². The molecule has 0 heterocycles. The van der Waals surface area contributed by atoms with Crippen molar-refractivity contribution in [1.29, 1.82) is 0 Å². The Bertz CT molecular complexity index is 246. The van der Waals surface area contributed by atoms with Crippen LogP contribution in [0.15, 0.2) is 5.10 Å². The number of nitrogens with two attached hydrogens (primary N) is 1. The number of urea groups is 1. The van der Waals surface area contributed by atoms with E-state index in [9.17, 15) is 4.79 Å². The Labute approximate surface area is 84.9 Å². The van der Waals surface area contributed by atoms with E-state index in [-0.39, 0.29) is 0 Å².